The summed E-state index contributed by atoms with van der Waals surface area (Å²) >= 11 is 0. The highest BCUT2D eigenvalue weighted by Crippen LogP contribution is 2.19. The molecule has 1 fully saturated rings. The Labute approximate surface area is 124 Å². The van der Waals surface area contributed by atoms with Gasteiger partial charge < -0.3 is 4.90 Å². The van der Waals surface area contributed by atoms with E-state index in [1.165, 1.54) is 19.2 Å². The number of sulfonamides is 1. The van der Waals surface area contributed by atoms with E-state index in [4.69, 9.17) is 5.26 Å². The number of carbonyl (C=O) groups is 1. The van der Waals surface area contributed by atoms with E-state index in [0.29, 0.717) is 31.5 Å². The van der Waals surface area contributed by atoms with Crippen LogP contribution in [0, 0.1) is 17.2 Å². The number of nitrogens with one attached hydrogen (secondary N) is 1. The van der Waals surface area contributed by atoms with Crippen LogP contribution in [0.25, 0.3) is 0 Å². The van der Waals surface area contributed by atoms with Gasteiger partial charge >= 0.3 is 0 Å². The van der Waals surface area contributed by atoms with Crippen LogP contribution in [0.2, 0.25) is 0 Å². The first-order chi connectivity index (χ1) is 9.97. The topological polar surface area (TPSA) is 90.3 Å². The number of amides is 1. The molecule has 0 radical (unpaired) electrons. The molecule has 1 aromatic carbocycles. The number of nitrogens with zero attached hydrogens (tertiary/aromatic N) is 2. The molecule has 0 aliphatic carbocycles. The Balaban J connectivity index is 2.18. The van der Waals surface area contributed by atoms with Gasteiger partial charge in [0.2, 0.25) is 10.0 Å². The summed E-state index contributed by atoms with van der Waals surface area (Å²) in [6.07, 6.45) is 1.33. The first-order valence-electron chi connectivity index (χ1n) is 6.70. The third kappa shape index (κ3) is 3.40. The van der Waals surface area contributed by atoms with Gasteiger partial charge in [-0.3, -0.25) is 4.79 Å². The van der Waals surface area contributed by atoms with Gasteiger partial charge in [0, 0.05) is 24.6 Å². The highest BCUT2D eigenvalue weighted by atomic mass is 32.2. The summed E-state index contributed by atoms with van der Waals surface area (Å²) in [7, 11) is -2.23. The maximum atomic E-state index is 12.4. The summed E-state index contributed by atoms with van der Waals surface area (Å²) in [6.45, 7) is 1.06. The van der Waals surface area contributed by atoms with E-state index >= 15 is 0 Å². The molecular weight excluding hydrogens is 290 g/mol. The van der Waals surface area contributed by atoms with Crippen LogP contribution in [0.15, 0.2) is 29.2 Å². The molecule has 2 rings (SSSR count). The molecule has 1 aromatic rings. The van der Waals surface area contributed by atoms with E-state index in [0.717, 1.165) is 0 Å². The standard InChI is InChI=1S/C14H17N3O3S/c1-16-21(19,20)13-4-2-3-12(9-13)14(18)17-7-5-11(10-15)6-8-17/h2-4,9,11,16H,5-8H2,1H3. The molecule has 7 heteroatoms. The first kappa shape index (κ1) is 15.5. The van der Waals surface area contributed by atoms with Crippen LogP contribution in [0.1, 0.15) is 23.2 Å². The highest BCUT2D eigenvalue weighted by Gasteiger charge is 2.24. The van der Waals surface area contributed by atoms with Crippen LogP contribution >= 0.6 is 0 Å². The number of carbonyl (C=O) groups excluding carboxylic acids is 1. The van der Waals surface area contributed by atoms with Crippen molar-refractivity contribution in [3.05, 3.63) is 29.8 Å². The van der Waals surface area contributed by atoms with Gasteiger partial charge in [-0.25, -0.2) is 13.1 Å². The second-order valence-electron chi connectivity index (χ2n) is 4.93. The number of hydrogen-bond acceptors (Lipinski definition) is 4. The fourth-order valence-electron chi connectivity index (χ4n) is 2.31. The number of hydrogen-bond donors (Lipinski definition) is 1. The second kappa shape index (κ2) is 6.24. The molecule has 1 N–H and O–H groups in total. The molecular formula is C14H17N3O3S. The molecule has 0 bridgehead atoms. The minimum Gasteiger partial charge on any atom is -0.339 e. The van der Waals surface area contributed by atoms with Crippen LogP contribution in [-0.4, -0.2) is 39.4 Å². The molecule has 0 atom stereocenters. The van der Waals surface area contributed by atoms with E-state index < -0.39 is 10.0 Å². The maximum absolute atomic E-state index is 12.4. The van der Waals surface area contributed by atoms with Crippen LogP contribution in [0.3, 0.4) is 0 Å². The normalized spacial score (nSPS) is 16.5. The summed E-state index contributed by atoms with van der Waals surface area (Å²) in [6, 6.07) is 8.20. The van der Waals surface area contributed by atoms with E-state index in [2.05, 4.69) is 10.8 Å². The van der Waals surface area contributed by atoms with Crippen molar-refractivity contribution in [2.75, 3.05) is 20.1 Å². The summed E-state index contributed by atoms with van der Waals surface area (Å²) in [4.78, 5) is 14.1. The highest BCUT2D eigenvalue weighted by molar-refractivity contribution is 7.89. The van der Waals surface area contributed by atoms with Crippen molar-refractivity contribution in [1.29, 1.82) is 5.26 Å². The van der Waals surface area contributed by atoms with Crippen molar-refractivity contribution in [2.24, 2.45) is 5.92 Å². The Morgan fingerprint density at radius 3 is 2.62 bits per heavy atom. The third-order valence-electron chi connectivity index (χ3n) is 3.62. The van der Waals surface area contributed by atoms with Crippen LogP contribution in [0.5, 0.6) is 0 Å². The van der Waals surface area contributed by atoms with Gasteiger partial charge in [-0.1, -0.05) is 6.07 Å². The zero-order valence-corrected chi connectivity index (χ0v) is 12.6. The zero-order valence-electron chi connectivity index (χ0n) is 11.7. The largest absolute Gasteiger partial charge is 0.339 e. The molecule has 1 aliphatic heterocycles. The Morgan fingerprint density at radius 2 is 2.05 bits per heavy atom. The SMILES string of the molecule is CNS(=O)(=O)c1cccc(C(=O)N2CCC(C#N)CC2)c1. The number of piperidine rings is 1. The summed E-state index contributed by atoms with van der Waals surface area (Å²) in [5, 5.41) is 8.86. The fourth-order valence-corrected chi connectivity index (χ4v) is 3.08. The molecule has 21 heavy (non-hydrogen) atoms. The Morgan fingerprint density at radius 1 is 1.38 bits per heavy atom. The lowest BCUT2D eigenvalue weighted by molar-refractivity contribution is 0.0707. The Kier molecular flexibility index (Phi) is 4.60. The van der Waals surface area contributed by atoms with Gasteiger partial charge in [-0.2, -0.15) is 5.26 Å². The summed E-state index contributed by atoms with van der Waals surface area (Å²) in [5.41, 5.74) is 0.349. The summed E-state index contributed by atoms with van der Waals surface area (Å²) < 4.78 is 25.8. The second-order valence-corrected chi connectivity index (χ2v) is 6.82. The van der Waals surface area contributed by atoms with E-state index in [1.807, 2.05) is 0 Å². The van der Waals surface area contributed by atoms with Gasteiger partial charge in [0.15, 0.2) is 0 Å². The predicted octanol–water partition coefficient (Wildman–Crippen LogP) is 0.970. The minimum atomic E-state index is -3.56. The molecule has 0 aromatic heterocycles. The average Bonchev–Trinajstić information content (AvgIpc) is 2.54. The van der Waals surface area contributed by atoms with Crippen LogP contribution in [0.4, 0.5) is 0 Å². The quantitative estimate of drug-likeness (QED) is 0.901. The van der Waals surface area contributed by atoms with Crippen LogP contribution in [-0.2, 0) is 10.0 Å². The Hall–Kier alpha value is -1.91. The number of likely N-dealkylation sites (tertiary alicyclic amines) is 1. The Bertz CT molecular complexity index is 671. The monoisotopic (exact) mass is 307 g/mol. The molecule has 1 amide bonds. The van der Waals surface area contributed by atoms with Crippen molar-refractivity contribution in [3.8, 4) is 6.07 Å². The van der Waals surface area contributed by atoms with Gasteiger partial charge in [-0.05, 0) is 38.1 Å². The van der Waals surface area contributed by atoms with Gasteiger partial charge in [0.1, 0.15) is 0 Å². The maximum Gasteiger partial charge on any atom is 0.253 e. The number of nitriles is 1. The molecule has 1 saturated heterocycles. The number of rotatable bonds is 3. The minimum absolute atomic E-state index is 0.00468. The predicted molar refractivity (Wildman–Crippen MR) is 76.9 cm³/mol. The molecule has 6 nitrogen and oxygen atoms in total. The lowest BCUT2D eigenvalue weighted by Crippen LogP contribution is -2.38. The molecule has 0 saturated carbocycles. The van der Waals surface area contributed by atoms with Gasteiger partial charge in [0.05, 0.1) is 11.0 Å². The first-order valence-corrected chi connectivity index (χ1v) is 8.19. The smallest absolute Gasteiger partial charge is 0.253 e. The van der Waals surface area contributed by atoms with Crippen molar-refractivity contribution in [3.63, 3.8) is 0 Å². The molecule has 0 spiro atoms. The van der Waals surface area contributed by atoms with Crippen LogP contribution < -0.4 is 4.72 Å². The van der Waals surface area contributed by atoms with Gasteiger partial charge in [-0.15, -0.1) is 0 Å². The van der Waals surface area contributed by atoms with E-state index in [9.17, 15) is 13.2 Å². The van der Waals surface area contributed by atoms with E-state index in [1.54, 1.807) is 17.0 Å². The lowest BCUT2D eigenvalue weighted by Gasteiger charge is -2.29. The van der Waals surface area contributed by atoms with Crippen molar-refractivity contribution < 1.29 is 13.2 Å². The van der Waals surface area contributed by atoms with Crippen molar-refractivity contribution in [1.82, 2.24) is 9.62 Å². The lowest BCUT2D eigenvalue weighted by atomic mass is 9.98. The molecule has 1 heterocycles. The fraction of sp³-hybridized carbons (Fsp3) is 0.429. The van der Waals surface area contributed by atoms with Crippen molar-refractivity contribution in [2.45, 2.75) is 17.7 Å². The molecule has 0 unspecified atom stereocenters. The van der Waals surface area contributed by atoms with Crippen molar-refractivity contribution >= 4 is 15.9 Å². The van der Waals surface area contributed by atoms with Gasteiger partial charge in [0.25, 0.3) is 5.91 Å². The zero-order chi connectivity index (χ0) is 15.5. The average molecular weight is 307 g/mol. The molecule has 1 aliphatic rings. The third-order valence-corrected chi connectivity index (χ3v) is 5.04. The summed E-state index contributed by atoms with van der Waals surface area (Å²) in [5.74, 6) is -0.190. The number of benzene rings is 1. The molecule has 112 valence electrons. The van der Waals surface area contributed by atoms with E-state index in [-0.39, 0.29) is 16.7 Å².